The third kappa shape index (κ3) is 2.76. The van der Waals surface area contributed by atoms with Crippen LogP contribution in [0.5, 0.6) is 0 Å². The molecule has 5 aromatic rings. The highest BCUT2D eigenvalue weighted by Crippen LogP contribution is 2.30. The average Bonchev–Trinajstić information content (AvgIpc) is 3.36. The molecule has 0 aliphatic rings. The third-order valence-electron chi connectivity index (χ3n) is 3.80. The molecule has 0 saturated heterocycles. The van der Waals surface area contributed by atoms with Crippen LogP contribution in [0.25, 0.3) is 26.6 Å². The summed E-state index contributed by atoms with van der Waals surface area (Å²) in [7, 11) is 0. The van der Waals surface area contributed by atoms with E-state index in [-0.39, 0.29) is 0 Å². The van der Waals surface area contributed by atoms with Crippen LogP contribution in [0.2, 0.25) is 5.02 Å². The Morgan fingerprint density at radius 2 is 1.92 bits per heavy atom. The van der Waals surface area contributed by atoms with Crippen molar-refractivity contribution in [3.63, 3.8) is 0 Å². The second kappa shape index (κ2) is 6.39. The Labute approximate surface area is 160 Å². The third-order valence-corrected chi connectivity index (χ3v) is 5.99. The van der Waals surface area contributed by atoms with Gasteiger partial charge in [-0.15, -0.1) is 10.2 Å². The molecule has 0 radical (unpaired) electrons. The molecule has 6 nitrogen and oxygen atoms in total. The van der Waals surface area contributed by atoms with Crippen molar-refractivity contribution in [2.24, 2.45) is 0 Å². The Kier molecular flexibility index (Phi) is 3.88. The van der Waals surface area contributed by atoms with Crippen LogP contribution in [-0.4, -0.2) is 24.7 Å². The van der Waals surface area contributed by atoms with E-state index < -0.39 is 0 Å². The number of fused-ring (bicyclic) bond motifs is 3. The van der Waals surface area contributed by atoms with Gasteiger partial charge < -0.3 is 4.52 Å². The molecule has 0 unspecified atom stereocenters. The highest BCUT2D eigenvalue weighted by molar-refractivity contribution is 7.98. The molecule has 26 heavy (non-hydrogen) atoms. The average molecular weight is 400 g/mol. The van der Waals surface area contributed by atoms with Gasteiger partial charge in [-0.2, -0.15) is 4.98 Å². The summed E-state index contributed by atoms with van der Waals surface area (Å²) in [6.07, 6.45) is 0. The molecule has 0 N–H and O–H groups in total. The molecule has 0 amide bonds. The lowest BCUT2D eigenvalue weighted by molar-refractivity contribution is 0.425. The lowest BCUT2D eigenvalue weighted by atomic mass is 10.2. The van der Waals surface area contributed by atoms with Gasteiger partial charge in [0.2, 0.25) is 4.96 Å². The largest absolute Gasteiger partial charge is 0.334 e. The van der Waals surface area contributed by atoms with E-state index in [4.69, 9.17) is 16.1 Å². The quantitative estimate of drug-likeness (QED) is 0.399. The van der Waals surface area contributed by atoms with Crippen LogP contribution in [0.15, 0.2) is 58.2 Å². The fourth-order valence-electron chi connectivity index (χ4n) is 2.60. The molecular formula is C17H10ClN5OS2. The molecule has 2 aromatic carbocycles. The number of rotatable bonds is 4. The number of halogens is 1. The lowest BCUT2D eigenvalue weighted by Gasteiger charge is -1.96. The van der Waals surface area contributed by atoms with Crippen molar-refractivity contribution in [2.45, 2.75) is 10.9 Å². The highest BCUT2D eigenvalue weighted by atomic mass is 35.5. The maximum atomic E-state index is 5.91. The zero-order valence-electron chi connectivity index (χ0n) is 13.2. The second-order valence-corrected chi connectivity index (χ2v) is 7.87. The first-order valence-corrected chi connectivity index (χ1v) is 9.90. The Hall–Kier alpha value is -2.42. The Balaban J connectivity index is 1.40. The minimum Gasteiger partial charge on any atom is -0.334 e. The molecule has 3 aromatic heterocycles. The number of nitrogens with zero attached hydrogens (tertiary/aromatic N) is 5. The molecular weight excluding hydrogens is 390 g/mol. The zero-order chi connectivity index (χ0) is 17.5. The summed E-state index contributed by atoms with van der Waals surface area (Å²) >= 11 is 9.06. The number of hydrogen-bond donors (Lipinski definition) is 0. The van der Waals surface area contributed by atoms with Crippen molar-refractivity contribution in [3.8, 4) is 11.5 Å². The van der Waals surface area contributed by atoms with Gasteiger partial charge in [-0.1, -0.05) is 52.0 Å². The van der Waals surface area contributed by atoms with Gasteiger partial charge in [-0.3, -0.25) is 4.40 Å². The molecule has 0 bridgehead atoms. The van der Waals surface area contributed by atoms with Gasteiger partial charge in [-0.25, -0.2) is 0 Å². The summed E-state index contributed by atoms with van der Waals surface area (Å²) in [5, 5.41) is 14.1. The fraction of sp³-hybridized carbons (Fsp3) is 0.0588. The normalized spacial score (nSPS) is 11.6. The molecule has 3 heterocycles. The first-order valence-electron chi connectivity index (χ1n) is 7.72. The number of thioether (sulfide) groups is 1. The van der Waals surface area contributed by atoms with Gasteiger partial charge in [0.15, 0.2) is 11.0 Å². The number of aromatic nitrogens is 5. The maximum Gasteiger partial charge on any atom is 0.257 e. The smallest absolute Gasteiger partial charge is 0.257 e. The molecule has 0 aliphatic heterocycles. The van der Waals surface area contributed by atoms with Gasteiger partial charge in [0.05, 0.1) is 16.0 Å². The first kappa shape index (κ1) is 15.8. The standard InChI is InChI=1S/C17H10ClN5OS2/c18-11-7-5-10(6-8-11)15-19-14(22-24-15)9-25-16-20-21-17-23(16)12-3-1-2-4-13(12)26-17/h1-8H,9H2. The predicted molar refractivity (Wildman–Crippen MR) is 103 cm³/mol. The molecule has 0 saturated carbocycles. The Bertz CT molecular complexity index is 1210. The van der Waals surface area contributed by atoms with E-state index in [2.05, 4.69) is 36.9 Å². The van der Waals surface area contributed by atoms with E-state index in [1.54, 1.807) is 23.5 Å². The number of benzene rings is 2. The van der Waals surface area contributed by atoms with Gasteiger partial charge in [0.25, 0.3) is 5.89 Å². The van der Waals surface area contributed by atoms with E-state index in [0.717, 1.165) is 21.2 Å². The van der Waals surface area contributed by atoms with Crippen LogP contribution < -0.4 is 0 Å². The van der Waals surface area contributed by atoms with Crippen LogP contribution >= 0.6 is 34.7 Å². The van der Waals surface area contributed by atoms with Crippen molar-refractivity contribution in [3.05, 3.63) is 59.4 Å². The Morgan fingerprint density at radius 1 is 1.08 bits per heavy atom. The molecule has 0 fully saturated rings. The van der Waals surface area contributed by atoms with Crippen molar-refractivity contribution >= 4 is 49.9 Å². The fourth-order valence-corrected chi connectivity index (χ4v) is 4.54. The molecule has 5 rings (SSSR count). The number of hydrogen-bond acceptors (Lipinski definition) is 7. The predicted octanol–water partition coefficient (Wildman–Crippen LogP) is 4.94. The van der Waals surface area contributed by atoms with Crippen LogP contribution in [0.4, 0.5) is 0 Å². The van der Waals surface area contributed by atoms with Gasteiger partial charge >= 0.3 is 0 Å². The van der Waals surface area contributed by atoms with E-state index in [0.29, 0.717) is 22.5 Å². The van der Waals surface area contributed by atoms with E-state index in [1.165, 1.54) is 16.5 Å². The SMILES string of the molecule is Clc1ccc(-c2nc(CSc3nnc4sc5ccccc5n34)no2)cc1. The number of para-hydroxylation sites is 1. The van der Waals surface area contributed by atoms with Crippen molar-refractivity contribution in [1.29, 1.82) is 0 Å². The van der Waals surface area contributed by atoms with E-state index in [9.17, 15) is 0 Å². The van der Waals surface area contributed by atoms with Crippen LogP contribution in [0, 0.1) is 0 Å². The Morgan fingerprint density at radius 3 is 2.81 bits per heavy atom. The number of thiazole rings is 1. The van der Waals surface area contributed by atoms with Crippen LogP contribution in [-0.2, 0) is 5.75 Å². The lowest BCUT2D eigenvalue weighted by Crippen LogP contribution is -1.89. The zero-order valence-corrected chi connectivity index (χ0v) is 15.6. The molecule has 0 aliphatic carbocycles. The summed E-state index contributed by atoms with van der Waals surface area (Å²) in [6.45, 7) is 0. The maximum absolute atomic E-state index is 5.91. The topological polar surface area (TPSA) is 69.1 Å². The van der Waals surface area contributed by atoms with Crippen LogP contribution in [0.3, 0.4) is 0 Å². The molecule has 0 atom stereocenters. The van der Waals surface area contributed by atoms with E-state index in [1.807, 2.05) is 24.3 Å². The molecule has 9 heteroatoms. The summed E-state index contributed by atoms with van der Waals surface area (Å²) in [4.78, 5) is 5.32. The van der Waals surface area contributed by atoms with Gasteiger partial charge in [0.1, 0.15) is 0 Å². The summed E-state index contributed by atoms with van der Waals surface area (Å²) in [5.41, 5.74) is 1.95. The second-order valence-electron chi connectivity index (χ2n) is 5.48. The van der Waals surface area contributed by atoms with Crippen molar-refractivity contribution in [2.75, 3.05) is 0 Å². The van der Waals surface area contributed by atoms with Crippen molar-refractivity contribution in [1.82, 2.24) is 24.7 Å². The van der Waals surface area contributed by atoms with E-state index >= 15 is 0 Å². The molecule has 128 valence electrons. The van der Waals surface area contributed by atoms with Gasteiger partial charge in [0, 0.05) is 10.6 Å². The minimum absolute atomic E-state index is 0.477. The first-order chi connectivity index (χ1) is 12.8. The van der Waals surface area contributed by atoms with Crippen molar-refractivity contribution < 1.29 is 4.52 Å². The monoisotopic (exact) mass is 399 g/mol. The van der Waals surface area contributed by atoms with Gasteiger partial charge in [-0.05, 0) is 36.4 Å². The molecule has 0 spiro atoms. The van der Waals surface area contributed by atoms with Crippen LogP contribution in [0.1, 0.15) is 5.82 Å². The summed E-state index contributed by atoms with van der Waals surface area (Å²) in [6, 6.07) is 15.5. The minimum atomic E-state index is 0.477. The summed E-state index contributed by atoms with van der Waals surface area (Å²) in [5.74, 6) is 1.63. The highest BCUT2D eigenvalue weighted by Gasteiger charge is 2.14. The summed E-state index contributed by atoms with van der Waals surface area (Å²) < 4.78 is 8.59.